The number of carboxylic acids is 1. The van der Waals surface area contributed by atoms with Crippen molar-refractivity contribution >= 4 is 5.97 Å². The Morgan fingerprint density at radius 2 is 2.10 bits per heavy atom. The van der Waals surface area contributed by atoms with Gasteiger partial charge >= 0.3 is 5.97 Å². The van der Waals surface area contributed by atoms with Crippen LogP contribution < -0.4 is 5.32 Å². The molecule has 1 heterocycles. The van der Waals surface area contributed by atoms with E-state index in [1.165, 1.54) is 6.42 Å². The fraction of sp³-hybridized carbons (Fsp3) is 0.938. The van der Waals surface area contributed by atoms with E-state index in [0.29, 0.717) is 6.54 Å². The highest BCUT2D eigenvalue weighted by molar-refractivity contribution is 5.80. The Morgan fingerprint density at radius 1 is 1.38 bits per heavy atom. The first-order valence-corrected chi connectivity index (χ1v) is 8.25. The van der Waals surface area contributed by atoms with Crippen LogP contribution in [0, 0.1) is 5.92 Å². The summed E-state index contributed by atoms with van der Waals surface area (Å²) in [5.41, 5.74) is -0.808. The topological polar surface area (TPSA) is 61.8 Å². The van der Waals surface area contributed by atoms with Gasteiger partial charge in [0.05, 0.1) is 6.10 Å². The SMILES string of the molecule is CC(C)NC(CN(C)CC1CCCCO1)(C(=O)O)C1CC1. The molecule has 122 valence electrons. The average molecular weight is 298 g/mol. The molecule has 0 radical (unpaired) electrons. The molecule has 1 saturated heterocycles. The van der Waals surface area contributed by atoms with Gasteiger partial charge < -0.3 is 14.7 Å². The monoisotopic (exact) mass is 298 g/mol. The highest BCUT2D eigenvalue weighted by Gasteiger charge is 2.52. The Labute approximate surface area is 128 Å². The molecular weight excluding hydrogens is 268 g/mol. The summed E-state index contributed by atoms with van der Waals surface area (Å²) in [6.45, 7) is 6.25. The van der Waals surface area contributed by atoms with Crippen molar-refractivity contribution in [3.05, 3.63) is 0 Å². The fourth-order valence-electron chi connectivity index (χ4n) is 3.48. The molecule has 2 atom stereocenters. The molecule has 2 rings (SSSR count). The molecule has 2 N–H and O–H groups in total. The molecule has 21 heavy (non-hydrogen) atoms. The lowest BCUT2D eigenvalue weighted by Crippen LogP contribution is -2.62. The summed E-state index contributed by atoms with van der Waals surface area (Å²) in [4.78, 5) is 14.1. The molecule has 1 saturated carbocycles. The Morgan fingerprint density at radius 3 is 2.57 bits per heavy atom. The lowest BCUT2D eigenvalue weighted by Gasteiger charge is -2.37. The fourth-order valence-corrected chi connectivity index (χ4v) is 3.48. The van der Waals surface area contributed by atoms with Crippen LogP contribution >= 0.6 is 0 Å². The quantitative estimate of drug-likeness (QED) is 0.714. The highest BCUT2D eigenvalue weighted by Crippen LogP contribution is 2.40. The third-order valence-electron chi connectivity index (χ3n) is 4.51. The summed E-state index contributed by atoms with van der Waals surface area (Å²) in [5, 5.41) is 13.2. The van der Waals surface area contributed by atoms with Gasteiger partial charge in [0, 0.05) is 25.7 Å². The van der Waals surface area contributed by atoms with Crippen molar-refractivity contribution in [2.24, 2.45) is 5.92 Å². The lowest BCUT2D eigenvalue weighted by atomic mass is 9.91. The molecule has 0 spiro atoms. The molecule has 1 aliphatic carbocycles. The predicted molar refractivity (Wildman–Crippen MR) is 82.5 cm³/mol. The summed E-state index contributed by atoms with van der Waals surface area (Å²) in [6, 6.07) is 0.168. The smallest absolute Gasteiger partial charge is 0.325 e. The summed E-state index contributed by atoms with van der Waals surface area (Å²) in [6.07, 6.45) is 5.74. The second kappa shape index (κ2) is 7.07. The van der Waals surface area contributed by atoms with E-state index in [2.05, 4.69) is 10.2 Å². The van der Waals surface area contributed by atoms with Gasteiger partial charge in [-0.2, -0.15) is 0 Å². The number of aliphatic carboxylic acids is 1. The van der Waals surface area contributed by atoms with Crippen molar-refractivity contribution in [1.82, 2.24) is 10.2 Å². The number of carboxylic acid groups (broad SMARTS) is 1. The summed E-state index contributed by atoms with van der Waals surface area (Å²) in [5.74, 6) is -0.456. The van der Waals surface area contributed by atoms with Gasteiger partial charge in [-0.15, -0.1) is 0 Å². The van der Waals surface area contributed by atoms with E-state index in [1.54, 1.807) is 0 Å². The maximum absolute atomic E-state index is 11.9. The van der Waals surface area contributed by atoms with Gasteiger partial charge in [0.1, 0.15) is 5.54 Å². The molecular formula is C16H30N2O3. The van der Waals surface area contributed by atoms with Gasteiger partial charge in [0.2, 0.25) is 0 Å². The number of likely N-dealkylation sites (N-methyl/N-ethyl adjacent to an activating group) is 1. The van der Waals surface area contributed by atoms with Crippen LogP contribution in [0.1, 0.15) is 46.0 Å². The van der Waals surface area contributed by atoms with Crippen LogP contribution in [-0.4, -0.2) is 60.4 Å². The van der Waals surface area contributed by atoms with E-state index in [9.17, 15) is 9.90 Å². The molecule has 2 fully saturated rings. The Kier molecular flexibility index (Phi) is 5.63. The minimum absolute atomic E-state index is 0.168. The Bertz CT molecular complexity index is 351. The largest absolute Gasteiger partial charge is 0.480 e. The van der Waals surface area contributed by atoms with E-state index in [-0.39, 0.29) is 18.1 Å². The maximum Gasteiger partial charge on any atom is 0.325 e. The highest BCUT2D eigenvalue weighted by atomic mass is 16.5. The van der Waals surface area contributed by atoms with Crippen molar-refractivity contribution in [3.8, 4) is 0 Å². The van der Waals surface area contributed by atoms with Crippen molar-refractivity contribution in [3.63, 3.8) is 0 Å². The zero-order chi connectivity index (χ0) is 15.5. The van der Waals surface area contributed by atoms with Crippen LogP contribution in [0.3, 0.4) is 0 Å². The summed E-state index contributed by atoms with van der Waals surface area (Å²) in [7, 11) is 2.01. The van der Waals surface area contributed by atoms with Gasteiger partial charge in [-0.1, -0.05) is 0 Å². The van der Waals surface area contributed by atoms with Gasteiger partial charge in [0.15, 0.2) is 0 Å². The second-order valence-corrected chi connectivity index (χ2v) is 7.04. The van der Waals surface area contributed by atoms with Crippen molar-refractivity contribution < 1.29 is 14.6 Å². The first-order valence-electron chi connectivity index (χ1n) is 8.25. The van der Waals surface area contributed by atoms with E-state index in [4.69, 9.17) is 4.74 Å². The molecule has 2 aliphatic rings. The molecule has 5 nitrogen and oxygen atoms in total. The van der Waals surface area contributed by atoms with E-state index < -0.39 is 11.5 Å². The molecule has 0 aromatic carbocycles. The third kappa shape index (κ3) is 4.41. The Hall–Kier alpha value is -0.650. The van der Waals surface area contributed by atoms with Crippen molar-refractivity contribution in [2.45, 2.75) is 63.6 Å². The first kappa shape index (κ1) is 16.7. The zero-order valence-corrected chi connectivity index (χ0v) is 13.6. The molecule has 0 aromatic rings. The lowest BCUT2D eigenvalue weighted by molar-refractivity contribution is -0.147. The molecule has 0 bridgehead atoms. The van der Waals surface area contributed by atoms with Crippen LogP contribution in [0.25, 0.3) is 0 Å². The standard InChI is InChI=1S/C16H30N2O3/c1-12(2)17-16(15(19)20,13-7-8-13)11-18(3)10-14-6-4-5-9-21-14/h12-14,17H,4-11H2,1-3H3,(H,19,20). The number of hydrogen-bond donors (Lipinski definition) is 2. The van der Waals surface area contributed by atoms with Gasteiger partial charge in [-0.05, 0) is 58.9 Å². The van der Waals surface area contributed by atoms with Gasteiger partial charge in [-0.25, -0.2) is 0 Å². The van der Waals surface area contributed by atoms with Crippen LogP contribution in [0.4, 0.5) is 0 Å². The number of nitrogens with one attached hydrogen (secondary N) is 1. The maximum atomic E-state index is 11.9. The molecule has 2 unspecified atom stereocenters. The number of rotatable bonds is 8. The number of hydrogen-bond acceptors (Lipinski definition) is 4. The van der Waals surface area contributed by atoms with Crippen molar-refractivity contribution in [1.29, 1.82) is 0 Å². The first-order chi connectivity index (χ1) is 9.94. The summed E-state index contributed by atoms with van der Waals surface area (Å²) >= 11 is 0. The minimum atomic E-state index is -0.808. The summed E-state index contributed by atoms with van der Waals surface area (Å²) < 4.78 is 5.77. The van der Waals surface area contributed by atoms with Crippen LogP contribution in [0.2, 0.25) is 0 Å². The van der Waals surface area contributed by atoms with Gasteiger partial charge in [0.25, 0.3) is 0 Å². The average Bonchev–Trinajstić information content (AvgIpc) is 3.22. The molecule has 0 amide bonds. The van der Waals surface area contributed by atoms with E-state index in [1.807, 2.05) is 20.9 Å². The van der Waals surface area contributed by atoms with Crippen molar-refractivity contribution in [2.75, 3.05) is 26.7 Å². The van der Waals surface area contributed by atoms with Crippen LogP contribution in [0.5, 0.6) is 0 Å². The molecule has 5 heteroatoms. The second-order valence-electron chi connectivity index (χ2n) is 7.04. The molecule has 1 aliphatic heterocycles. The van der Waals surface area contributed by atoms with Crippen LogP contribution in [0.15, 0.2) is 0 Å². The third-order valence-corrected chi connectivity index (χ3v) is 4.51. The van der Waals surface area contributed by atoms with E-state index >= 15 is 0 Å². The minimum Gasteiger partial charge on any atom is -0.480 e. The van der Waals surface area contributed by atoms with Crippen LogP contribution in [-0.2, 0) is 9.53 Å². The number of carbonyl (C=O) groups is 1. The molecule has 0 aromatic heterocycles. The predicted octanol–water partition coefficient (Wildman–Crippen LogP) is 1.72. The Balaban J connectivity index is 1.98. The number of nitrogens with zero attached hydrogens (tertiary/aromatic N) is 1. The zero-order valence-electron chi connectivity index (χ0n) is 13.6. The number of ether oxygens (including phenoxy) is 1. The van der Waals surface area contributed by atoms with Gasteiger partial charge in [-0.3, -0.25) is 10.1 Å². The van der Waals surface area contributed by atoms with E-state index in [0.717, 1.165) is 38.8 Å². The normalized spacial score (nSPS) is 26.0.